The summed E-state index contributed by atoms with van der Waals surface area (Å²) in [6.07, 6.45) is 0.764. The van der Waals surface area contributed by atoms with Crippen LogP contribution in [0.25, 0.3) is 0 Å². The largest absolute Gasteiger partial charge is 0.493 e. The van der Waals surface area contributed by atoms with E-state index in [1.807, 2.05) is 18.2 Å². The summed E-state index contributed by atoms with van der Waals surface area (Å²) in [5.74, 6) is 0.590. The van der Waals surface area contributed by atoms with Crippen LogP contribution in [0.3, 0.4) is 0 Å². The number of hydrazine groups is 1. The zero-order chi connectivity index (χ0) is 19.4. The monoisotopic (exact) mass is 383 g/mol. The van der Waals surface area contributed by atoms with E-state index >= 15 is 0 Å². The number of carbonyl (C=O) groups excluding carboxylic acids is 2. The van der Waals surface area contributed by atoms with Crippen molar-refractivity contribution < 1.29 is 23.8 Å². The van der Waals surface area contributed by atoms with Crippen LogP contribution in [0.4, 0.5) is 0 Å². The van der Waals surface area contributed by atoms with E-state index in [2.05, 4.69) is 16.2 Å². The lowest BCUT2D eigenvalue weighted by molar-refractivity contribution is -0.144. The molecular weight excluding hydrogens is 358 g/mol. The number of carbonyl (C=O) groups is 2. The number of benzene rings is 1. The molecule has 9 heteroatoms. The Balaban J connectivity index is 2.26. The van der Waals surface area contributed by atoms with Gasteiger partial charge in [0.05, 0.1) is 27.2 Å². The molecule has 144 valence electrons. The van der Waals surface area contributed by atoms with Crippen molar-refractivity contribution in [2.24, 2.45) is 0 Å². The van der Waals surface area contributed by atoms with Crippen molar-refractivity contribution in [2.75, 3.05) is 27.4 Å². The summed E-state index contributed by atoms with van der Waals surface area (Å²) in [6.45, 7) is 2.58. The molecule has 0 aliphatic carbocycles. The molecule has 0 spiro atoms. The fourth-order valence-corrected chi connectivity index (χ4v) is 2.19. The normalized spacial score (nSPS) is 9.81. The van der Waals surface area contributed by atoms with Gasteiger partial charge in [-0.25, -0.2) is 0 Å². The Morgan fingerprint density at radius 2 is 1.81 bits per heavy atom. The Bertz CT molecular complexity index is 624. The van der Waals surface area contributed by atoms with E-state index in [0.29, 0.717) is 31.1 Å². The third-order valence-electron chi connectivity index (χ3n) is 3.32. The molecule has 0 saturated heterocycles. The van der Waals surface area contributed by atoms with Gasteiger partial charge < -0.3 is 19.5 Å². The summed E-state index contributed by atoms with van der Waals surface area (Å²) in [5, 5.41) is 3.27. The number of amides is 1. The minimum Gasteiger partial charge on any atom is -0.493 e. The van der Waals surface area contributed by atoms with Crippen LogP contribution in [0.15, 0.2) is 18.2 Å². The maximum atomic E-state index is 11.6. The first-order valence-electron chi connectivity index (χ1n) is 8.19. The highest BCUT2D eigenvalue weighted by atomic mass is 32.1. The van der Waals surface area contributed by atoms with Gasteiger partial charge in [0.1, 0.15) is 0 Å². The van der Waals surface area contributed by atoms with Crippen molar-refractivity contribution in [2.45, 2.75) is 26.2 Å². The first-order valence-corrected chi connectivity index (χ1v) is 8.60. The van der Waals surface area contributed by atoms with Crippen LogP contribution in [0, 0.1) is 0 Å². The summed E-state index contributed by atoms with van der Waals surface area (Å²) in [7, 11) is 3.17. The molecule has 0 radical (unpaired) electrons. The predicted octanol–water partition coefficient (Wildman–Crippen LogP) is 1.08. The number of esters is 1. The van der Waals surface area contributed by atoms with E-state index < -0.39 is 5.97 Å². The van der Waals surface area contributed by atoms with E-state index in [1.165, 1.54) is 0 Å². The number of hydrogen-bond acceptors (Lipinski definition) is 6. The Morgan fingerprint density at radius 3 is 2.46 bits per heavy atom. The molecule has 0 aliphatic heterocycles. The molecule has 0 bridgehead atoms. The molecule has 0 saturated carbocycles. The van der Waals surface area contributed by atoms with Crippen molar-refractivity contribution in [3.05, 3.63) is 23.8 Å². The van der Waals surface area contributed by atoms with Gasteiger partial charge in [-0.15, -0.1) is 0 Å². The second-order valence-corrected chi connectivity index (χ2v) is 5.58. The molecule has 1 aromatic rings. The first-order chi connectivity index (χ1) is 12.5. The van der Waals surface area contributed by atoms with Gasteiger partial charge in [-0.3, -0.25) is 20.4 Å². The zero-order valence-corrected chi connectivity index (χ0v) is 16.0. The molecule has 0 heterocycles. The highest BCUT2D eigenvalue weighted by Crippen LogP contribution is 2.27. The Labute approximate surface area is 158 Å². The van der Waals surface area contributed by atoms with Gasteiger partial charge in [0.15, 0.2) is 16.6 Å². The third-order valence-corrected chi connectivity index (χ3v) is 3.57. The topological polar surface area (TPSA) is 97.9 Å². The van der Waals surface area contributed by atoms with Gasteiger partial charge in [-0.05, 0) is 43.3 Å². The summed E-state index contributed by atoms with van der Waals surface area (Å²) < 4.78 is 15.2. The fourth-order valence-electron chi connectivity index (χ4n) is 2.04. The molecular formula is C17H25N3O5S. The number of methoxy groups -OCH3 is 2. The van der Waals surface area contributed by atoms with Crippen LogP contribution in [-0.4, -0.2) is 44.4 Å². The lowest BCUT2D eigenvalue weighted by Crippen LogP contribution is -2.47. The van der Waals surface area contributed by atoms with Gasteiger partial charge in [-0.2, -0.15) is 0 Å². The van der Waals surface area contributed by atoms with Crippen molar-refractivity contribution in [3.63, 3.8) is 0 Å². The minimum atomic E-state index is -0.404. The van der Waals surface area contributed by atoms with Gasteiger partial charge in [0, 0.05) is 13.0 Å². The number of nitrogens with one attached hydrogen (secondary N) is 3. The van der Waals surface area contributed by atoms with E-state index in [9.17, 15) is 9.59 Å². The average Bonchev–Trinajstić information content (AvgIpc) is 2.64. The average molecular weight is 383 g/mol. The van der Waals surface area contributed by atoms with E-state index in [-0.39, 0.29) is 23.9 Å². The molecule has 0 aliphatic rings. The smallest absolute Gasteiger partial charge is 0.306 e. The van der Waals surface area contributed by atoms with Crippen molar-refractivity contribution in [3.8, 4) is 11.5 Å². The maximum absolute atomic E-state index is 11.6. The van der Waals surface area contributed by atoms with Crippen molar-refractivity contribution in [1.82, 2.24) is 16.2 Å². The molecule has 1 aromatic carbocycles. The third kappa shape index (κ3) is 8.02. The molecule has 26 heavy (non-hydrogen) atoms. The molecule has 0 unspecified atom stereocenters. The number of hydrogen-bond donors (Lipinski definition) is 3. The molecule has 0 fully saturated rings. The Kier molecular flexibility index (Phi) is 9.85. The molecule has 0 atom stereocenters. The minimum absolute atomic E-state index is 0.0279. The Hall–Kier alpha value is -2.55. The van der Waals surface area contributed by atoms with Crippen LogP contribution in [0.2, 0.25) is 0 Å². The molecule has 1 rings (SSSR count). The lowest BCUT2D eigenvalue weighted by atomic mass is 10.1. The van der Waals surface area contributed by atoms with E-state index in [0.717, 1.165) is 5.56 Å². The van der Waals surface area contributed by atoms with Crippen LogP contribution < -0.4 is 25.6 Å². The predicted molar refractivity (Wildman–Crippen MR) is 101 cm³/mol. The fraction of sp³-hybridized carbons (Fsp3) is 0.471. The summed E-state index contributed by atoms with van der Waals surface area (Å²) in [6, 6.07) is 5.68. The quantitative estimate of drug-likeness (QED) is 0.331. The molecule has 1 amide bonds. The van der Waals surface area contributed by atoms with Crippen LogP contribution in [-0.2, 0) is 20.7 Å². The highest BCUT2D eigenvalue weighted by Gasteiger charge is 2.08. The second-order valence-electron chi connectivity index (χ2n) is 5.17. The van der Waals surface area contributed by atoms with Crippen molar-refractivity contribution >= 4 is 29.2 Å². The summed E-state index contributed by atoms with van der Waals surface area (Å²) >= 11 is 5.08. The Morgan fingerprint density at radius 1 is 1.08 bits per heavy atom. The number of thiocarbonyl (C=S) groups is 1. The van der Waals surface area contributed by atoms with Crippen LogP contribution in [0.5, 0.6) is 11.5 Å². The second kappa shape index (κ2) is 11.9. The summed E-state index contributed by atoms with van der Waals surface area (Å²) in [4.78, 5) is 22.8. The highest BCUT2D eigenvalue weighted by molar-refractivity contribution is 7.80. The SMILES string of the molecule is CCOC(=O)CCC(=O)NNC(=S)NCCc1ccc(OC)c(OC)c1. The number of rotatable bonds is 9. The molecule has 3 N–H and O–H groups in total. The van der Waals surface area contributed by atoms with Crippen LogP contribution >= 0.6 is 12.2 Å². The maximum Gasteiger partial charge on any atom is 0.306 e. The van der Waals surface area contributed by atoms with E-state index in [4.69, 9.17) is 26.4 Å². The van der Waals surface area contributed by atoms with Crippen LogP contribution in [0.1, 0.15) is 25.3 Å². The number of ether oxygens (including phenoxy) is 3. The van der Waals surface area contributed by atoms with Gasteiger partial charge in [0.2, 0.25) is 5.91 Å². The summed E-state index contributed by atoms with van der Waals surface area (Å²) in [5.41, 5.74) is 6.07. The van der Waals surface area contributed by atoms with Gasteiger partial charge in [0.25, 0.3) is 0 Å². The molecule has 8 nitrogen and oxygen atoms in total. The van der Waals surface area contributed by atoms with Gasteiger partial charge >= 0.3 is 5.97 Å². The zero-order valence-electron chi connectivity index (χ0n) is 15.2. The first kappa shape index (κ1) is 21.5. The standard InChI is InChI=1S/C17H25N3O5S/c1-4-25-16(22)8-7-15(21)19-20-17(26)18-10-9-12-5-6-13(23-2)14(11-12)24-3/h5-6,11H,4,7-10H2,1-3H3,(H,19,21)(H2,18,20,26). The van der Waals surface area contributed by atoms with Crippen molar-refractivity contribution in [1.29, 1.82) is 0 Å². The van der Waals surface area contributed by atoms with E-state index in [1.54, 1.807) is 21.1 Å². The molecule has 0 aromatic heterocycles. The van der Waals surface area contributed by atoms with Gasteiger partial charge in [-0.1, -0.05) is 6.07 Å². The lowest BCUT2D eigenvalue weighted by Gasteiger charge is -2.12.